The van der Waals surface area contributed by atoms with Crippen LogP contribution in [0.3, 0.4) is 0 Å². The SMILES string of the molecule is C=CC1=COc2ccc(OC)cc2C(N2CCN(CC(C)(C)C(=O)O)CC2)=N1. The molecule has 1 aromatic carbocycles. The maximum Gasteiger partial charge on any atom is 0.310 e. The number of carboxylic acids is 1. The number of hydrogen-bond acceptors (Lipinski definition) is 6. The Balaban J connectivity index is 1.81. The van der Waals surface area contributed by atoms with E-state index in [0.717, 1.165) is 43.3 Å². The number of carboxylic acid groups (broad SMARTS) is 1. The van der Waals surface area contributed by atoms with E-state index in [0.29, 0.717) is 18.0 Å². The number of nitrogens with zero attached hydrogens (tertiary/aromatic N) is 3. The van der Waals surface area contributed by atoms with Gasteiger partial charge in [-0.1, -0.05) is 6.58 Å². The van der Waals surface area contributed by atoms with Crippen molar-refractivity contribution in [3.63, 3.8) is 0 Å². The summed E-state index contributed by atoms with van der Waals surface area (Å²) in [7, 11) is 1.63. The third-order valence-electron chi connectivity index (χ3n) is 5.05. The summed E-state index contributed by atoms with van der Waals surface area (Å²) in [6, 6.07) is 5.65. The van der Waals surface area contributed by atoms with Gasteiger partial charge in [-0.25, -0.2) is 4.99 Å². The van der Waals surface area contributed by atoms with Crippen LogP contribution < -0.4 is 9.47 Å². The van der Waals surface area contributed by atoms with Gasteiger partial charge in [0.2, 0.25) is 0 Å². The molecule has 150 valence electrons. The molecule has 0 amide bonds. The van der Waals surface area contributed by atoms with E-state index in [1.54, 1.807) is 33.3 Å². The van der Waals surface area contributed by atoms with E-state index >= 15 is 0 Å². The van der Waals surface area contributed by atoms with Gasteiger partial charge in [-0.3, -0.25) is 9.69 Å². The molecule has 0 bridgehead atoms. The van der Waals surface area contributed by atoms with Gasteiger partial charge in [0, 0.05) is 32.7 Å². The maximum absolute atomic E-state index is 11.4. The average molecular weight is 385 g/mol. The minimum absolute atomic E-state index is 0.522. The number of aliphatic imine (C=N–C) groups is 1. The van der Waals surface area contributed by atoms with Gasteiger partial charge in [-0.2, -0.15) is 0 Å². The Morgan fingerprint density at radius 2 is 2.07 bits per heavy atom. The Morgan fingerprint density at radius 1 is 1.36 bits per heavy atom. The highest BCUT2D eigenvalue weighted by atomic mass is 16.5. The molecule has 2 aliphatic heterocycles. The van der Waals surface area contributed by atoms with Crippen LogP contribution in [0.15, 0.2) is 47.8 Å². The molecule has 3 rings (SSSR count). The number of carbonyl (C=O) groups is 1. The lowest BCUT2D eigenvalue weighted by molar-refractivity contribution is -0.148. The van der Waals surface area contributed by atoms with Crippen LogP contribution in [0, 0.1) is 5.41 Å². The number of benzene rings is 1. The van der Waals surface area contributed by atoms with Gasteiger partial charge < -0.3 is 19.5 Å². The molecule has 0 spiro atoms. The summed E-state index contributed by atoms with van der Waals surface area (Å²) in [6.07, 6.45) is 3.26. The Labute approximate surface area is 165 Å². The first kappa shape index (κ1) is 19.9. The van der Waals surface area contributed by atoms with Crippen LogP contribution in [0.4, 0.5) is 0 Å². The molecule has 1 fully saturated rings. The number of fused-ring (bicyclic) bond motifs is 1. The number of allylic oxidation sites excluding steroid dienone is 1. The number of rotatable bonds is 5. The van der Waals surface area contributed by atoms with Gasteiger partial charge in [-0.15, -0.1) is 0 Å². The Kier molecular flexibility index (Phi) is 5.74. The molecule has 28 heavy (non-hydrogen) atoms. The maximum atomic E-state index is 11.4. The predicted octanol–water partition coefficient (Wildman–Crippen LogP) is 2.59. The van der Waals surface area contributed by atoms with E-state index in [2.05, 4.69) is 16.4 Å². The zero-order valence-corrected chi connectivity index (χ0v) is 16.6. The van der Waals surface area contributed by atoms with Crippen molar-refractivity contribution in [2.45, 2.75) is 13.8 Å². The van der Waals surface area contributed by atoms with Crippen molar-refractivity contribution in [1.29, 1.82) is 0 Å². The summed E-state index contributed by atoms with van der Waals surface area (Å²) in [4.78, 5) is 20.6. The minimum atomic E-state index is -0.776. The molecule has 7 nitrogen and oxygen atoms in total. The molecule has 0 aromatic heterocycles. The van der Waals surface area contributed by atoms with Gasteiger partial charge in [0.1, 0.15) is 23.6 Å². The fourth-order valence-electron chi connectivity index (χ4n) is 3.33. The monoisotopic (exact) mass is 385 g/mol. The van der Waals surface area contributed by atoms with Crippen LogP contribution in [0.1, 0.15) is 19.4 Å². The molecular weight excluding hydrogens is 358 g/mol. The van der Waals surface area contributed by atoms with E-state index in [1.807, 2.05) is 18.2 Å². The highest BCUT2D eigenvalue weighted by molar-refractivity contribution is 6.02. The first-order chi connectivity index (χ1) is 13.3. The summed E-state index contributed by atoms with van der Waals surface area (Å²) in [5.41, 5.74) is 0.751. The summed E-state index contributed by atoms with van der Waals surface area (Å²) in [5.74, 6) is 1.49. The first-order valence-corrected chi connectivity index (χ1v) is 9.31. The van der Waals surface area contributed by atoms with Crippen molar-refractivity contribution in [1.82, 2.24) is 9.80 Å². The van der Waals surface area contributed by atoms with E-state index < -0.39 is 11.4 Å². The molecule has 2 aliphatic rings. The van der Waals surface area contributed by atoms with Crippen molar-refractivity contribution in [2.24, 2.45) is 10.4 Å². The van der Waals surface area contributed by atoms with Crippen LogP contribution in [0.5, 0.6) is 11.5 Å². The third-order valence-corrected chi connectivity index (χ3v) is 5.05. The second kappa shape index (κ2) is 8.06. The van der Waals surface area contributed by atoms with Crippen LogP contribution in [0.2, 0.25) is 0 Å². The van der Waals surface area contributed by atoms with Crippen LogP contribution >= 0.6 is 0 Å². The average Bonchev–Trinajstić information content (AvgIpc) is 2.87. The van der Waals surface area contributed by atoms with Crippen LogP contribution in [-0.4, -0.2) is 66.5 Å². The quantitative estimate of drug-likeness (QED) is 0.840. The number of methoxy groups -OCH3 is 1. The largest absolute Gasteiger partial charge is 0.497 e. The highest BCUT2D eigenvalue weighted by Gasteiger charge is 2.32. The zero-order valence-electron chi connectivity index (χ0n) is 16.6. The second-order valence-electron chi connectivity index (χ2n) is 7.61. The van der Waals surface area contributed by atoms with E-state index in [-0.39, 0.29) is 0 Å². The third kappa shape index (κ3) is 4.20. The minimum Gasteiger partial charge on any atom is -0.497 e. The molecule has 0 unspecified atom stereocenters. The highest BCUT2D eigenvalue weighted by Crippen LogP contribution is 2.30. The molecule has 0 saturated carbocycles. The second-order valence-corrected chi connectivity index (χ2v) is 7.61. The smallest absolute Gasteiger partial charge is 0.310 e. The molecule has 1 aromatic rings. The van der Waals surface area contributed by atoms with E-state index in [9.17, 15) is 9.90 Å². The van der Waals surface area contributed by atoms with E-state index in [4.69, 9.17) is 14.5 Å². The Hall–Kier alpha value is -2.80. The van der Waals surface area contributed by atoms with Gasteiger partial charge in [-0.05, 0) is 38.1 Å². The fraction of sp³-hybridized carbons (Fsp3) is 0.429. The van der Waals surface area contributed by atoms with Crippen LogP contribution in [-0.2, 0) is 4.79 Å². The first-order valence-electron chi connectivity index (χ1n) is 9.31. The molecule has 1 saturated heterocycles. The topological polar surface area (TPSA) is 74.6 Å². The molecule has 0 aliphatic carbocycles. The van der Waals surface area contributed by atoms with E-state index in [1.165, 1.54) is 0 Å². The summed E-state index contributed by atoms with van der Waals surface area (Å²) in [5, 5.41) is 9.38. The molecule has 2 heterocycles. The lowest BCUT2D eigenvalue weighted by Crippen LogP contribution is -2.52. The van der Waals surface area contributed by atoms with Gasteiger partial charge in [0.15, 0.2) is 0 Å². The number of aliphatic carboxylic acids is 1. The summed E-state index contributed by atoms with van der Waals surface area (Å²) in [6.45, 7) is 10.9. The molecule has 0 atom stereocenters. The van der Waals surface area contributed by atoms with Crippen LogP contribution in [0.25, 0.3) is 0 Å². The number of amidine groups is 1. The Bertz CT molecular complexity index is 821. The normalized spacial score (nSPS) is 17.6. The number of ether oxygens (including phenoxy) is 2. The van der Waals surface area contributed by atoms with Crippen molar-refractivity contribution in [3.05, 3.63) is 48.4 Å². The number of hydrogen-bond donors (Lipinski definition) is 1. The predicted molar refractivity (Wildman–Crippen MR) is 108 cm³/mol. The van der Waals surface area contributed by atoms with Gasteiger partial charge >= 0.3 is 5.97 Å². The molecule has 1 N–H and O–H groups in total. The van der Waals surface area contributed by atoms with Crippen molar-refractivity contribution >= 4 is 11.8 Å². The van der Waals surface area contributed by atoms with Crippen molar-refractivity contribution in [3.8, 4) is 11.5 Å². The lowest BCUT2D eigenvalue weighted by atomic mass is 9.93. The van der Waals surface area contributed by atoms with Gasteiger partial charge in [0.25, 0.3) is 0 Å². The molecular formula is C21H27N3O4. The Morgan fingerprint density at radius 3 is 2.68 bits per heavy atom. The summed E-state index contributed by atoms with van der Waals surface area (Å²) < 4.78 is 11.2. The fourth-order valence-corrected chi connectivity index (χ4v) is 3.33. The molecule has 0 radical (unpaired) electrons. The zero-order chi connectivity index (χ0) is 20.3. The van der Waals surface area contributed by atoms with Crippen molar-refractivity contribution in [2.75, 3.05) is 39.8 Å². The van der Waals surface area contributed by atoms with Crippen molar-refractivity contribution < 1.29 is 19.4 Å². The number of piperazine rings is 1. The molecule has 7 heteroatoms. The summed E-state index contributed by atoms with van der Waals surface area (Å²) >= 11 is 0. The van der Waals surface area contributed by atoms with Gasteiger partial charge in [0.05, 0.1) is 23.8 Å². The lowest BCUT2D eigenvalue weighted by Gasteiger charge is -2.39. The standard InChI is InChI=1S/C21H27N3O4/c1-5-15-13-28-18-7-6-16(27-4)12-17(18)19(22-15)24-10-8-23(9-11-24)14-21(2,3)20(25)26/h5-7,12-13H,1,8-11,14H2,2-4H3,(H,25,26).